The molecule has 0 aliphatic heterocycles. The van der Waals surface area contributed by atoms with E-state index in [0.29, 0.717) is 11.4 Å². The number of aromatic nitrogens is 1. The maximum Gasteiger partial charge on any atom is 0.184 e. The molecule has 1 aromatic rings. The Hall–Kier alpha value is -2.13. The number of pyridine rings is 1. The van der Waals surface area contributed by atoms with Crippen LogP contribution in [0.25, 0.3) is 0 Å². The van der Waals surface area contributed by atoms with Gasteiger partial charge in [-0.3, -0.25) is 10.9 Å². The molecule has 0 amide bonds. The van der Waals surface area contributed by atoms with E-state index in [0.717, 1.165) is 0 Å². The first-order chi connectivity index (χ1) is 8.58. The number of hydrogen-bond acceptors (Lipinski definition) is 5. The molecular formula is C9H11N7S2. The number of rotatable bonds is 4. The van der Waals surface area contributed by atoms with Crippen LogP contribution in [0.1, 0.15) is 11.4 Å². The highest BCUT2D eigenvalue weighted by Crippen LogP contribution is 1.94. The average molecular weight is 281 g/mol. The van der Waals surface area contributed by atoms with Crippen molar-refractivity contribution < 1.29 is 0 Å². The van der Waals surface area contributed by atoms with Gasteiger partial charge in [0, 0.05) is 0 Å². The minimum Gasteiger partial charge on any atom is -0.375 e. The standard InChI is InChI=1S/C9H11N7S2/c10-8(17)15-12-4-6-2-1-3-7(14-6)5-13-16-9(11)18/h1-5H,(H3,10,15,17)(H3,11,16,18)/b12-4-,13-5-. The van der Waals surface area contributed by atoms with Crippen LogP contribution in [-0.2, 0) is 0 Å². The molecule has 1 heterocycles. The van der Waals surface area contributed by atoms with E-state index in [2.05, 4.69) is 50.5 Å². The van der Waals surface area contributed by atoms with Gasteiger partial charge in [-0.25, -0.2) is 4.98 Å². The first-order valence-electron chi connectivity index (χ1n) is 4.72. The maximum atomic E-state index is 5.21. The lowest BCUT2D eigenvalue weighted by Gasteiger charge is -1.97. The summed E-state index contributed by atoms with van der Waals surface area (Å²) >= 11 is 9.19. The Bertz CT molecular complexity index is 456. The summed E-state index contributed by atoms with van der Waals surface area (Å²) in [4.78, 5) is 4.22. The summed E-state index contributed by atoms with van der Waals surface area (Å²) in [6.45, 7) is 0. The molecule has 9 heteroatoms. The summed E-state index contributed by atoms with van der Waals surface area (Å²) < 4.78 is 0. The van der Waals surface area contributed by atoms with Gasteiger partial charge in [0.05, 0.1) is 23.8 Å². The van der Waals surface area contributed by atoms with Crippen molar-refractivity contribution in [3.63, 3.8) is 0 Å². The van der Waals surface area contributed by atoms with E-state index in [-0.39, 0.29) is 10.2 Å². The Balaban J connectivity index is 2.67. The third kappa shape index (κ3) is 5.82. The Morgan fingerprint density at radius 3 is 1.89 bits per heavy atom. The second-order valence-electron chi connectivity index (χ2n) is 2.96. The second-order valence-corrected chi connectivity index (χ2v) is 3.84. The van der Waals surface area contributed by atoms with Crippen molar-refractivity contribution in [1.29, 1.82) is 0 Å². The van der Waals surface area contributed by atoms with Crippen molar-refractivity contribution in [3.8, 4) is 0 Å². The molecule has 0 radical (unpaired) electrons. The van der Waals surface area contributed by atoms with Crippen molar-refractivity contribution >= 4 is 47.1 Å². The minimum absolute atomic E-state index is 0.0876. The van der Waals surface area contributed by atoms with Gasteiger partial charge in [-0.05, 0) is 36.6 Å². The Labute approximate surface area is 114 Å². The highest BCUT2D eigenvalue weighted by atomic mass is 32.1. The lowest BCUT2D eigenvalue weighted by atomic mass is 10.3. The first-order valence-corrected chi connectivity index (χ1v) is 5.53. The zero-order valence-electron chi connectivity index (χ0n) is 9.20. The molecule has 18 heavy (non-hydrogen) atoms. The van der Waals surface area contributed by atoms with Crippen LogP contribution in [0.5, 0.6) is 0 Å². The molecule has 94 valence electrons. The van der Waals surface area contributed by atoms with Crippen LogP contribution in [0.4, 0.5) is 0 Å². The molecule has 0 unspecified atom stereocenters. The van der Waals surface area contributed by atoms with Crippen molar-refractivity contribution in [3.05, 3.63) is 29.6 Å². The lowest BCUT2D eigenvalue weighted by Crippen LogP contribution is -2.24. The summed E-state index contributed by atoms with van der Waals surface area (Å²) in [5.41, 5.74) is 16.5. The highest BCUT2D eigenvalue weighted by molar-refractivity contribution is 7.80. The van der Waals surface area contributed by atoms with Crippen LogP contribution < -0.4 is 22.3 Å². The molecule has 0 aliphatic carbocycles. The predicted molar refractivity (Wildman–Crippen MR) is 79.3 cm³/mol. The molecule has 6 N–H and O–H groups in total. The minimum atomic E-state index is 0.0876. The number of nitrogens with two attached hydrogens (primary N) is 2. The topological polar surface area (TPSA) is 114 Å². The van der Waals surface area contributed by atoms with Gasteiger partial charge in [-0.15, -0.1) is 0 Å². The third-order valence-corrected chi connectivity index (χ3v) is 1.72. The van der Waals surface area contributed by atoms with E-state index in [9.17, 15) is 0 Å². The number of thiocarbonyl (C=S) groups is 2. The summed E-state index contributed by atoms with van der Waals surface area (Å²) in [6, 6.07) is 5.34. The van der Waals surface area contributed by atoms with Gasteiger partial charge in [0.15, 0.2) is 10.2 Å². The van der Waals surface area contributed by atoms with Crippen LogP contribution >= 0.6 is 24.4 Å². The Morgan fingerprint density at radius 1 is 1.06 bits per heavy atom. The molecular weight excluding hydrogens is 270 g/mol. The van der Waals surface area contributed by atoms with Gasteiger partial charge < -0.3 is 11.5 Å². The monoisotopic (exact) mass is 281 g/mol. The summed E-state index contributed by atoms with van der Waals surface area (Å²) in [6.07, 6.45) is 2.97. The molecule has 0 aromatic carbocycles. The Kier molecular flexibility index (Phi) is 5.61. The molecule has 0 saturated heterocycles. The fourth-order valence-electron chi connectivity index (χ4n) is 0.937. The molecule has 0 spiro atoms. The summed E-state index contributed by atoms with van der Waals surface area (Å²) in [7, 11) is 0. The zero-order valence-corrected chi connectivity index (χ0v) is 10.8. The van der Waals surface area contributed by atoms with Gasteiger partial charge in [-0.2, -0.15) is 10.2 Å². The molecule has 1 aromatic heterocycles. The van der Waals surface area contributed by atoms with Gasteiger partial charge in [0.25, 0.3) is 0 Å². The highest BCUT2D eigenvalue weighted by Gasteiger charge is 1.93. The summed E-state index contributed by atoms with van der Waals surface area (Å²) in [5.74, 6) is 0. The van der Waals surface area contributed by atoms with E-state index >= 15 is 0 Å². The number of hydrogen-bond donors (Lipinski definition) is 4. The largest absolute Gasteiger partial charge is 0.375 e. The zero-order chi connectivity index (χ0) is 13.4. The fourth-order valence-corrected chi connectivity index (χ4v) is 1.04. The van der Waals surface area contributed by atoms with Crippen LogP contribution in [0.3, 0.4) is 0 Å². The first kappa shape index (κ1) is 13.9. The fraction of sp³-hybridized carbons (Fsp3) is 0. The lowest BCUT2D eigenvalue weighted by molar-refractivity contribution is 1.03. The average Bonchev–Trinajstić information content (AvgIpc) is 2.28. The smallest absolute Gasteiger partial charge is 0.184 e. The van der Waals surface area contributed by atoms with E-state index in [4.69, 9.17) is 11.5 Å². The SMILES string of the molecule is NC(=S)N/N=C\c1cccc(/C=N\NC(N)=S)n1. The molecule has 1 rings (SSSR count). The van der Waals surface area contributed by atoms with E-state index < -0.39 is 0 Å². The number of nitrogens with zero attached hydrogens (tertiary/aromatic N) is 3. The van der Waals surface area contributed by atoms with Crippen LogP contribution in [0.15, 0.2) is 28.4 Å². The molecule has 0 fully saturated rings. The van der Waals surface area contributed by atoms with E-state index in [1.54, 1.807) is 18.2 Å². The van der Waals surface area contributed by atoms with Gasteiger partial charge in [-0.1, -0.05) is 6.07 Å². The van der Waals surface area contributed by atoms with Crippen molar-refractivity contribution in [2.24, 2.45) is 21.7 Å². The van der Waals surface area contributed by atoms with Gasteiger partial charge in [0.1, 0.15) is 0 Å². The molecule has 7 nitrogen and oxygen atoms in total. The second kappa shape index (κ2) is 7.25. The summed E-state index contributed by atoms with van der Waals surface area (Å²) in [5, 5.41) is 7.75. The van der Waals surface area contributed by atoms with Crippen molar-refractivity contribution in [2.45, 2.75) is 0 Å². The van der Waals surface area contributed by atoms with Crippen LogP contribution in [0, 0.1) is 0 Å². The normalized spacial score (nSPS) is 10.7. The van der Waals surface area contributed by atoms with Crippen LogP contribution in [-0.4, -0.2) is 27.6 Å². The van der Waals surface area contributed by atoms with E-state index in [1.165, 1.54) is 12.4 Å². The van der Waals surface area contributed by atoms with E-state index in [1.807, 2.05) is 0 Å². The number of hydrazone groups is 2. The van der Waals surface area contributed by atoms with Crippen molar-refractivity contribution in [2.75, 3.05) is 0 Å². The third-order valence-electron chi connectivity index (χ3n) is 1.54. The molecule has 0 bridgehead atoms. The molecule has 0 saturated carbocycles. The van der Waals surface area contributed by atoms with Gasteiger partial charge >= 0.3 is 0 Å². The Morgan fingerprint density at radius 2 is 1.50 bits per heavy atom. The predicted octanol–water partition coefficient (Wildman–Crippen LogP) is -0.584. The molecule has 0 atom stereocenters. The quantitative estimate of drug-likeness (QED) is 0.331. The number of nitrogens with one attached hydrogen (secondary N) is 2. The maximum absolute atomic E-state index is 5.21. The van der Waals surface area contributed by atoms with Crippen LogP contribution in [0.2, 0.25) is 0 Å². The van der Waals surface area contributed by atoms with Gasteiger partial charge in [0.2, 0.25) is 0 Å². The molecule has 0 aliphatic rings. The van der Waals surface area contributed by atoms with Crippen molar-refractivity contribution in [1.82, 2.24) is 15.8 Å².